The molecule has 1 heterocycles. The average Bonchev–Trinajstić information content (AvgIpc) is 2.32. The molecule has 2 fully saturated rings. The van der Waals surface area contributed by atoms with Gasteiger partial charge in [0.05, 0.1) is 6.04 Å². The van der Waals surface area contributed by atoms with E-state index in [0.29, 0.717) is 18.0 Å². The second-order valence-corrected chi connectivity index (χ2v) is 5.67. The first-order chi connectivity index (χ1) is 8.16. The number of nitrogens with one attached hydrogen (secondary N) is 2. The minimum atomic E-state index is 0.0133. The molecule has 0 aromatic carbocycles. The molecule has 2 atom stereocenters. The van der Waals surface area contributed by atoms with Gasteiger partial charge in [-0.05, 0) is 51.0 Å². The van der Waals surface area contributed by atoms with Crippen LogP contribution in [0.2, 0.25) is 0 Å². The molecule has 98 valence electrons. The largest absolute Gasteiger partial charge is 0.352 e. The zero-order valence-electron chi connectivity index (χ0n) is 10.7. The van der Waals surface area contributed by atoms with Crippen LogP contribution >= 0.6 is 0 Å². The lowest BCUT2D eigenvalue weighted by molar-refractivity contribution is -0.125. The van der Waals surface area contributed by atoms with E-state index in [4.69, 9.17) is 5.73 Å². The fourth-order valence-electron chi connectivity index (χ4n) is 2.96. The summed E-state index contributed by atoms with van der Waals surface area (Å²) in [4.78, 5) is 12.2. The Balaban J connectivity index is 1.79. The molecule has 0 spiro atoms. The maximum absolute atomic E-state index is 12.2. The van der Waals surface area contributed by atoms with Crippen LogP contribution in [0, 0.1) is 5.92 Å². The van der Waals surface area contributed by atoms with Crippen molar-refractivity contribution in [1.82, 2.24) is 10.6 Å². The van der Waals surface area contributed by atoms with Gasteiger partial charge >= 0.3 is 0 Å². The Bertz CT molecular complexity index is 261. The highest BCUT2D eigenvalue weighted by molar-refractivity contribution is 5.82. The van der Waals surface area contributed by atoms with Gasteiger partial charge in [-0.25, -0.2) is 0 Å². The fraction of sp³-hybridized carbons (Fsp3) is 0.923. The quantitative estimate of drug-likeness (QED) is 0.666. The summed E-state index contributed by atoms with van der Waals surface area (Å²) >= 11 is 0. The number of carbonyl (C=O) groups excluding carboxylic acids is 1. The summed E-state index contributed by atoms with van der Waals surface area (Å²) in [5.41, 5.74) is 5.87. The van der Waals surface area contributed by atoms with E-state index in [-0.39, 0.29) is 11.9 Å². The van der Waals surface area contributed by atoms with Crippen LogP contribution in [0.5, 0.6) is 0 Å². The normalized spacial score (nSPS) is 38.7. The van der Waals surface area contributed by atoms with Gasteiger partial charge in [0, 0.05) is 12.1 Å². The van der Waals surface area contributed by atoms with Crippen molar-refractivity contribution in [1.29, 1.82) is 0 Å². The Morgan fingerprint density at radius 1 is 1.24 bits per heavy atom. The van der Waals surface area contributed by atoms with Gasteiger partial charge in [0.1, 0.15) is 0 Å². The third-order valence-corrected chi connectivity index (χ3v) is 4.17. The summed E-state index contributed by atoms with van der Waals surface area (Å²) in [6, 6.07) is 0.701. The Kier molecular flexibility index (Phi) is 4.40. The van der Waals surface area contributed by atoms with E-state index in [1.165, 1.54) is 6.42 Å². The molecule has 2 aliphatic rings. The van der Waals surface area contributed by atoms with Gasteiger partial charge < -0.3 is 16.4 Å². The van der Waals surface area contributed by atoms with Crippen molar-refractivity contribution < 1.29 is 4.79 Å². The highest BCUT2D eigenvalue weighted by atomic mass is 16.2. The van der Waals surface area contributed by atoms with E-state index < -0.39 is 0 Å². The van der Waals surface area contributed by atoms with Crippen LogP contribution in [-0.2, 0) is 4.79 Å². The molecular weight excluding hydrogens is 214 g/mol. The maximum Gasteiger partial charge on any atom is 0.237 e. The highest BCUT2D eigenvalue weighted by Gasteiger charge is 2.29. The molecule has 0 aromatic heterocycles. The van der Waals surface area contributed by atoms with Crippen LogP contribution in [0.25, 0.3) is 0 Å². The predicted molar refractivity (Wildman–Crippen MR) is 68.6 cm³/mol. The first-order valence-electron chi connectivity index (χ1n) is 6.96. The van der Waals surface area contributed by atoms with Crippen LogP contribution in [0.15, 0.2) is 0 Å². The first kappa shape index (κ1) is 12.8. The number of hydrogen-bond donors (Lipinski definition) is 3. The van der Waals surface area contributed by atoms with Crippen molar-refractivity contribution in [3.63, 3.8) is 0 Å². The number of amides is 1. The molecule has 0 aromatic rings. The zero-order valence-corrected chi connectivity index (χ0v) is 10.7. The maximum atomic E-state index is 12.2. The van der Waals surface area contributed by atoms with Crippen molar-refractivity contribution in [3.8, 4) is 0 Å². The topological polar surface area (TPSA) is 67.2 Å². The van der Waals surface area contributed by atoms with Crippen LogP contribution in [0.3, 0.4) is 0 Å². The van der Waals surface area contributed by atoms with Gasteiger partial charge in [0.2, 0.25) is 5.91 Å². The molecule has 17 heavy (non-hydrogen) atoms. The molecule has 1 aliphatic carbocycles. The lowest BCUT2D eigenvalue weighted by Crippen LogP contribution is -2.53. The smallest absolute Gasteiger partial charge is 0.237 e. The van der Waals surface area contributed by atoms with Gasteiger partial charge in [-0.15, -0.1) is 0 Å². The second kappa shape index (κ2) is 5.83. The lowest BCUT2D eigenvalue weighted by atomic mass is 9.89. The number of hydrogen-bond acceptors (Lipinski definition) is 3. The molecule has 4 nitrogen and oxygen atoms in total. The fourth-order valence-corrected chi connectivity index (χ4v) is 2.96. The third kappa shape index (κ3) is 3.42. The number of rotatable bonds is 2. The monoisotopic (exact) mass is 239 g/mol. The Hall–Kier alpha value is -0.610. The van der Waals surface area contributed by atoms with Crippen LogP contribution < -0.4 is 16.4 Å². The standard InChI is InChI=1S/C13H25N3O/c1-9-3-2-8-15-12(9)13(17)16-11-6-4-10(14)5-7-11/h9-12,15H,2-8,14H2,1H3,(H,16,17). The molecular formula is C13H25N3O. The van der Waals surface area contributed by atoms with Crippen molar-refractivity contribution in [2.24, 2.45) is 11.7 Å². The van der Waals surface area contributed by atoms with E-state index in [2.05, 4.69) is 17.6 Å². The Labute approximate surface area is 104 Å². The Morgan fingerprint density at radius 2 is 1.94 bits per heavy atom. The molecule has 1 aliphatic heterocycles. The van der Waals surface area contributed by atoms with E-state index in [9.17, 15) is 4.79 Å². The summed E-state index contributed by atoms with van der Waals surface area (Å²) in [6.45, 7) is 3.13. The van der Waals surface area contributed by atoms with E-state index in [1.807, 2.05) is 0 Å². The average molecular weight is 239 g/mol. The lowest BCUT2D eigenvalue weighted by Gasteiger charge is -2.32. The Morgan fingerprint density at radius 3 is 2.59 bits per heavy atom. The van der Waals surface area contributed by atoms with Crippen molar-refractivity contribution in [2.75, 3.05) is 6.54 Å². The summed E-state index contributed by atoms with van der Waals surface area (Å²) in [5, 5.41) is 6.51. The molecule has 4 N–H and O–H groups in total. The summed E-state index contributed by atoms with van der Waals surface area (Å²) in [5.74, 6) is 0.646. The van der Waals surface area contributed by atoms with Gasteiger partial charge in [0.15, 0.2) is 0 Å². The highest BCUT2D eigenvalue weighted by Crippen LogP contribution is 2.19. The molecule has 4 heteroatoms. The van der Waals surface area contributed by atoms with Gasteiger partial charge in [0.25, 0.3) is 0 Å². The molecule has 2 rings (SSSR count). The number of nitrogens with two attached hydrogens (primary N) is 1. The van der Waals surface area contributed by atoms with Crippen LogP contribution in [0.4, 0.5) is 0 Å². The minimum Gasteiger partial charge on any atom is -0.352 e. The summed E-state index contributed by atoms with van der Waals surface area (Å²) < 4.78 is 0. The zero-order chi connectivity index (χ0) is 12.3. The molecule has 2 unspecified atom stereocenters. The van der Waals surface area contributed by atoms with Gasteiger partial charge in [-0.1, -0.05) is 6.92 Å². The molecule has 1 saturated heterocycles. The van der Waals surface area contributed by atoms with Gasteiger partial charge in [-0.3, -0.25) is 4.79 Å². The molecule has 1 saturated carbocycles. The molecule has 0 bridgehead atoms. The van der Waals surface area contributed by atoms with Crippen molar-refractivity contribution in [3.05, 3.63) is 0 Å². The van der Waals surface area contributed by atoms with Crippen LogP contribution in [0.1, 0.15) is 45.4 Å². The molecule has 1 amide bonds. The number of piperidine rings is 1. The minimum absolute atomic E-state index is 0.0133. The van der Waals surface area contributed by atoms with Crippen LogP contribution in [-0.4, -0.2) is 30.6 Å². The first-order valence-corrected chi connectivity index (χ1v) is 6.96. The van der Waals surface area contributed by atoms with Crippen molar-refractivity contribution >= 4 is 5.91 Å². The SMILES string of the molecule is CC1CCCNC1C(=O)NC1CCC(N)CC1. The molecule has 0 radical (unpaired) electrons. The second-order valence-electron chi connectivity index (χ2n) is 5.67. The predicted octanol–water partition coefficient (Wildman–Crippen LogP) is 0.761. The number of carbonyl (C=O) groups is 1. The van der Waals surface area contributed by atoms with E-state index in [1.54, 1.807) is 0 Å². The third-order valence-electron chi connectivity index (χ3n) is 4.17. The van der Waals surface area contributed by atoms with E-state index >= 15 is 0 Å². The summed E-state index contributed by atoms with van der Waals surface area (Å²) in [6.07, 6.45) is 6.49. The van der Waals surface area contributed by atoms with E-state index in [0.717, 1.165) is 38.6 Å². The van der Waals surface area contributed by atoms with Gasteiger partial charge in [-0.2, -0.15) is 0 Å². The summed E-state index contributed by atoms with van der Waals surface area (Å²) in [7, 11) is 0. The van der Waals surface area contributed by atoms with Crippen molar-refractivity contribution in [2.45, 2.75) is 63.6 Å².